The molecule has 0 spiro atoms. The summed E-state index contributed by atoms with van der Waals surface area (Å²) in [7, 11) is 2.02. The zero-order valence-corrected chi connectivity index (χ0v) is 23.0. The van der Waals surface area contributed by atoms with E-state index in [2.05, 4.69) is 25.9 Å². The lowest BCUT2D eigenvalue weighted by atomic mass is 10.1. The largest absolute Gasteiger partial charge is 0.485 e. The van der Waals surface area contributed by atoms with E-state index in [9.17, 15) is 5.26 Å². The van der Waals surface area contributed by atoms with Crippen molar-refractivity contribution in [3.63, 3.8) is 0 Å². The highest BCUT2D eigenvalue weighted by molar-refractivity contribution is 5.99. The number of hydrogen-bond donors (Lipinski definition) is 0. The van der Waals surface area contributed by atoms with Crippen LogP contribution >= 0.6 is 0 Å². The summed E-state index contributed by atoms with van der Waals surface area (Å²) in [4.78, 5) is 16.0. The third-order valence-corrected chi connectivity index (χ3v) is 6.64. The Morgan fingerprint density at radius 3 is 2.33 bits per heavy atom. The molecule has 0 fully saturated rings. The standard InChI is InChI=1S/C34H27N5O3/c1-39-18-17-36-33(39)27-13-8-14-28(20-27)41-34-37-29(26-11-6-3-7-12-26)21-32(38-34)42-31-19-25(22-35)15-16-30(31)40-23-24-9-4-2-5-10-24/h2-16,19-21H,17-18,23H2,1H3. The van der Waals surface area contributed by atoms with E-state index in [0.29, 0.717) is 35.1 Å². The summed E-state index contributed by atoms with van der Waals surface area (Å²) in [5, 5.41) is 9.54. The molecule has 4 aromatic carbocycles. The van der Waals surface area contributed by atoms with Gasteiger partial charge in [-0.05, 0) is 29.8 Å². The third-order valence-electron chi connectivity index (χ3n) is 6.64. The second kappa shape index (κ2) is 12.2. The molecule has 0 atom stereocenters. The van der Waals surface area contributed by atoms with Crippen molar-refractivity contribution in [3.05, 3.63) is 126 Å². The van der Waals surface area contributed by atoms with E-state index in [0.717, 1.165) is 35.6 Å². The Hall–Kier alpha value is -5.68. The highest BCUT2D eigenvalue weighted by atomic mass is 16.5. The van der Waals surface area contributed by atoms with Gasteiger partial charge in [0.15, 0.2) is 11.5 Å². The van der Waals surface area contributed by atoms with Gasteiger partial charge in [-0.15, -0.1) is 0 Å². The highest BCUT2D eigenvalue weighted by Gasteiger charge is 2.17. The molecule has 8 heteroatoms. The van der Waals surface area contributed by atoms with Crippen molar-refractivity contribution >= 4 is 5.84 Å². The minimum absolute atomic E-state index is 0.119. The number of aromatic nitrogens is 2. The normalized spacial score (nSPS) is 12.4. The number of benzene rings is 4. The van der Waals surface area contributed by atoms with E-state index in [1.807, 2.05) is 92.0 Å². The molecule has 0 N–H and O–H groups in total. The summed E-state index contributed by atoms with van der Waals surface area (Å²) in [5.74, 6) is 2.58. The van der Waals surface area contributed by atoms with E-state index < -0.39 is 0 Å². The van der Waals surface area contributed by atoms with Gasteiger partial charge in [-0.1, -0.05) is 72.8 Å². The van der Waals surface area contributed by atoms with Crippen molar-refractivity contribution in [2.45, 2.75) is 6.61 Å². The first-order valence-corrected chi connectivity index (χ1v) is 13.5. The summed E-state index contributed by atoms with van der Waals surface area (Å²) in [6.45, 7) is 1.99. The number of likely N-dealkylation sites (N-methyl/N-ethyl adjacent to an activating group) is 1. The van der Waals surface area contributed by atoms with E-state index in [4.69, 9.17) is 14.2 Å². The zero-order chi connectivity index (χ0) is 28.7. The minimum atomic E-state index is 0.119. The Balaban J connectivity index is 1.33. The number of aliphatic imine (C=N–C) groups is 1. The average Bonchev–Trinajstić information content (AvgIpc) is 3.47. The van der Waals surface area contributed by atoms with Crippen LogP contribution in [0.2, 0.25) is 0 Å². The van der Waals surface area contributed by atoms with Crippen molar-refractivity contribution in [1.29, 1.82) is 5.26 Å². The maximum Gasteiger partial charge on any atom is 0.325 e. The third kappa shape index (κ3) is 6.21. The Kier molecular flexibility index (Phi) is 7.73. The predicted octanol–water partition coefficient (Wildman–Crippen LogP) is 6.87. The molecule has 0 amide bonds. The Bertz CT molecular complexity index is 1770. The van der Waals surface area contributed by atoms with Crippen LogP contribution in [0.1, 0.15) is 16.7 Å². The van der Waals surface area contributed by atoms with E-state index >= 15 is 0 Å². The molecule has 2 heterocycles. The SMILES string of the molecule is CN1CCN=C1c1cccc(Oc2nc(Oc3cc(C#N)ccc3OCc3ccccc3)cc(-c3ccccc3)n2)c1. The molecule has 0 aliphatic carbocycles. The van der Waals surface area contributed by atoms with Gasteiger partial charge >= 0.3 is 6.01 Å². The highest BCUT2D eigenvalue weighted by Crippen LogP contribution is 2.35. The van der Waals surface area contributed by atoms with Crippen LogP contribution in [0.25, 0.3) is 11.3 Å². The monoisotopic (exact) mass is 553 g/mol. The molecule has 1 aliphatic rings. The Morgan fingerprint density at radius 1 is 0.786 bits per heavy atom. The maximum absolute atomic E-state index is 9.54. The molecule has 5 aromatic rings. The number of nitrogens with zero attached hydrogens (tertiary/aromatic N) is 5. The number of rotatable bonds is 9. The van der Waals surface area contributed by atoms with Crippen LogP contribution in [-0.4, -0.2) is 40.8 Å². The van der Waals surface area contributed by atoms with Gasteiger partial charge in [-0.3, -0.25) is 4.99 Å². The summed E-state index contributed by atoms with van der Waals surface area (Å²) in [5.41, 5.74) is 3.89. The number of ether oxygens (including phenoxy) is 3. The van der Waals surface area contributed by atoms with Crippen LogP contribution in [-0.2, 0) is 6.61 Å². The van der Waals surface area contributed by atoms with Gasteiger partial charge in [0.05, 0.1) is 23.9 Å². The van der Waals surface area contributed by atoms with Crippen LogP contribution in [0, 0.1) is 11.3 Å². The first-order valence-electron chi connectivity index (χ1n) is 13.5. The smallest absolute Gasteiger partial charge is 0.325 e. The predicted molar refractivity (Wildman–Crippen MR) is 160 cm³/mol. The summed E-state index contributed by atoms with van der Waals surface area (Å²) in [6.07, 6.45) is 0. The fourth-order valence-corrected chi connectivity index (χ4v) is 4.53. The molecule has 6 rings (SSSR count). The number of amidine groups is 1. The molecule has 0 saturated carbocycles. The molecular weight excluding hydrogens is 526 g/mol. The van der Waals surface area contributed by atoms with Crippen LogP contribution in [0.4, 0.5) is 0 Å². The van der Waals surface area contributed by atoms with Crippen molar-refractivity contribution in [2.24, 2.45) is 4.99 Å². The summed E-state index contributed by atoms with van der Waals surface area (Å²) >= 11 is 0. The molecule has 206 valence electrons. The first-order chi connectivity index (χ1) is 20.6. The van der Waals surface area contributed by atoms with Gasteiger partial charge in [0.25, 0.3) is 0 Å². The van der Waals surface area contributed by atoms with Crippen LogP contribution < -0.4 is 14.2 Å². The van der Waals surface area contributed by atoms with E-state index in [1.54, 1.807) is 24.3 Å². The molecule has 0 unspecified atom stereocenters. The summed E-state index contributed by atoms with van der Waals surface area (Å²) in [6, 6.07) is 36.3. The fraction of sp³-hybridized carbons (Fsp3) is 0.118. The van der Waals surface area contributed by atoms with Crippen molar-refractivity contribution < 1.29 is 14.2 Å². The van der Waals surface area contributed by atoms with Gasteiger partial charge < -0.3 is 19.1 Å². The van der Waals surface area contributed by atoms with Crippen molar-refractivity contribution in [3.8, 4) is 46.5 Å². The first kappa shape index (κ1) is 26.5. The molecule has 8 nitrogen and oxygen atoms in total. The molecule has 42 heavy (non-hydrogen) atoms. The van der Waals surface area contributed by atoms with Crippen molar-refractivity contribution in [2.75, 3.05) is 20.1 Å². The Morgan fingerprint density at radius 2 is 1.57 bits per heavy atom. The topological polar surface area (TPSA) is 92.9 Å². The van der Waals surface area contributed by atoms with Gasteiger partial charge in [0.2, 0.25) is 5.88 Å². The minimum Gasteiger partial charge on any atom is -0.485 e. The number of hydrogen-bond acceptors (Lipinski definition) is 8. The lowest BCUT2D eigenvalue weighted by molar-refractivity contribution is 0.289. The fourth-order valence-electron chi connectivity index (χ4n) is 4.53. The van der Waals surface area contributed by atoms with Crippen LogP contribution in [0.3, 0.4) is 0 Å². The molecule has 0 radical (unpaired) electrons. The van der Waals surface area contributed by atoms with Gasteiger partial charge in [-0.25, -0.2) is 0 Å². The summed E-state index contributed by atoms with van der Waals surface area (Å²) < 4.78 is 18.5. The molecule has 0 saturated heterocycles. The molecule has 1 aliphatic heterocycles. The lowest BCUT2D eigenvalue weighted by Crippen LogP contribution is -2.23. The van der Waals surface area contributed by atoms with Gasteiger partial charge in [-0.2, -0.15) is 15.2 Å². The second-order valence-corrected chi connectivity index (χ2v) is 9.65. The van der Waals surface area contributed by atoms with Gasteiger partial charge in [0.1, 0.15) is 18.2 Å². The lowest BCUT2D eigenvalue weighted by Gasteiger charge is -2.15. The molecule has 0 bridgehead atoms. The zero-order valence-electron chi connectivity index (χ0n) is 23.0. The maximum atomic E-state index is 9.54. The molecular formula is C34H27N5O3. The average molecular weight is 554 g/mol. The van der Waals surface area contributed by atoms with Crippen LogP contribution in [0.5, 0.6) is 29.1 Å². The number of nitriles is 1. The Labute approximate surface area is 244 Å². The van der Waals surface area contributed by atoms with E-state index in [1.165, 1.54) is 0 Å². The van der Waals surface area contributed by atoms with E-state index in [-0.39, 0.29) is 11.9 Å². The van der Waals surface area contributed by atoms with Crippen LogP contribution in [0.15, 0.2) is 114 Å². The van der Waals surface area contributed by atoms with Crippen molar-refractivity contribution in [1.82, 2.24) is 14.9 Å². The molecule has 1 aromatic heterocycles. The second-order valence-electron chi connectivity index (χ2n) is 9.65. The quantitative estimate of drug-likeness (QED) is 0.197. The van der Waals surface area contributed by atoms with Gasteiger partial charge in [0, 0.05) is 36.9 Å².